The van der Waals surface area contributed by atoms with Crippen LogP contribution in [0.5, 0.6) is 11.5 Å². The van der Waals surface area contributed by atoms with Crippen LogP contribution >= 0.6 is 0 Å². The number of carbonyl (C=O) groups is 2. The SMILES string of the molecule is CC=CC(=O)Nc1c(C(=O)Nc2ccc3c(c2)OCCO3)oc2ccccc12. The van der Waals surface area contributed by atoms with Crippen LogP contribution in [-0.2, 0) is 4.79 Å². The van der Waals surface area contributed by atoms with Crippen LogP contribution in [-0.4, -0.2) is 25.0 Å². The molecule has 0 radical (unpaired) electrons. The minimum Gasteiger partial charge on any atom is -0.486 e. The number of carbonyl (C=O) groups excluding carboxylic acids is 2. The average molecular weight is 378 g/mol. The molecule has 1 aliphatic heterocycles. The Kier molecular flexibility index (Phi) is 4.72. The molecule has 1 aromatic heterocycles. The molecule has 2 heterocycles. The standard InChI is InChI=1S/C21H18N2O5/c1-2-5-18(24)23-19-14-6-3-4-7-15(14)28-20(19)21(25)22-13-8-9-16-17(12-13)27-11-10-26-16/h2-9,12H,10-11H2,1H3,(H,22,25)(H,23,24). The molecule has 2 amide bonds. The first-order chi connectivity index (χ1) is 13.7. The predicted octanol–water partition coefficient (Wildman–Crippen LogP) is 3.97. The van der Waals surface area contributed by atoms with Crippen molar-refractivity contribution >= 4 is 34.2 Å². The summed E-state index contributed by atoms with van der Waals surface area (Å²) in [6.07, 6.45) is 3.00. The third kappa shape index (κ3) is 3.42. The van der Waals surface area contributed by atoms with Gasteiger partial charge in [-0.2, -0.15) is 0 Å². The van der Waals surface area contributed by atoms with Gasteiger partial charge < -0.3 is 24.5 Å². The molecule has 4 rings (SSSR count). The van der Waals surface area contributed by atoms with E-state index in [4.69, 9.17) is 13.9 Å². The van der Waals surface area contributed by atoms with E-state index < -0.39 is 5.91 Å². The van der Waals surface area contributed by atoms with E-state index in [1.165, 1.54) is 6.08 Å². The number of amides is 2. The first-order valence-electron chi connectivity index (χ1n) is 8.82. The summed E-state index contributed by atoms with van der Waals surface area (Å²) >= 11 is 0. The Morgan fingerprint density at radius 3 is 2.61 bits per heavy atom. The zero-order valence-corrected chi connectivity index (χ0v) is 15.2. The number of hydrogen-bond acceptors (Lipinski definition) is 5. The quantitative estimate of drug-likeness (QED) is 0.671. The number of rotatable bonds is 4. The summed E-state index contributed by atoms with van der Waals surface area (Å²) in [5.74, 6) is 0.391. The summed E-state index contributed by atoms with van der Waals surface area (Å²) < 4.78 is 16.7. The van der Waals surface area contributed by atoms with E-state index in [-0.39, 0.29) is 11.7 Å². The molecule has 28 heavy (non-hydrogen) atoms. The van der Waals surface area contributed by atoms with Gasteiger partial charge in [0, 0.05) is 17.1 Å². The van der Waals surface area contributed by atoms with Crippen LogP contribution in [0.15, 0.2) is 59.0 Å². The van der Waals surface area contributed by atoms with Gasteiger partial charge >= 0.3 is 0 Å². The van der Waals surface area contributed by atoms with E-state index in [0.717, 1.165) is 0 Å². The van der Waals surface area contributed by atoms with E-state index in [1.54, 1.807) is 49.4 Å². The smallest absolute Gasteiger partial charge is 0.293 e. The van der Waals surface area contributed by atoms with E-state index in [2.05, 4.69) is 10.6 Å². The molecule has 0 atom stereocenters. The third-order valence-electron chi connectivity index (χ3n) is 4.17. The highest BCUT2D eigenvalue weighted by molar-refractivity contribution is 6.15. The number of anilines is 2. The Hall–Kier alpha value is -3.74. The van der Waals surface area contributed by atoms with Crippen molar-refractivity contribution in [2.45, 2.75) is 6.92 Å². The molecule has 1 aliphatic rings. The predicted molar refractivity (Wildman–Crippen MR) is 105 cm³/mol. The number of nitrogens with one attached hydrogen (secondary N) is 2. The molecule has 2 N–H and O–H groups in total. The minimum absolute atomic E-state index is 0.0222. The highest BCUT2D eigenvalue weighted by atomic mass is 16.6. The molecule has 0 unspecified atom stereocenters. The van der Waals surface area contributed by atoms with Crippen LogP contribution in [0.2, 0.25) is 0 Å². The average Bonchev–Trinajstić information content (AvgIpc) is 3.07. The lowest BCUT2D eigenvalue weighted by molar-refractivity contribution is -0.111. The Labute approximate surface area is 160 Å². The van der Waals surface area contributed by atoms with Crippen molar-refractivity contribution in [1.29, 1.82) is 0 Å². The molecule has 0 spiro atoms. The van der Waals surface area contributed by atoms with Crippen LogP contribution in [0.25, 0.3) is 11.0 Å². The van der Waals surface area contributed by atoms with E-state index >= 15 is 0 Å². The Bertz CT molecular complexity index is 1080. The van der Waals surface area contributed by atoms with Crippen molar-refractivity contribution in [2.75, 3.05) is 23.8 Å². The summed E-state index contributed by atoms with van der Waals surface area (Å²) in [6.45, 7) is 2.69. The molecule has 7 heteroatoms. The first-order valence-corrected chi connectivity index (χ1v) is 8.82. The Morgan fingerprint density at radius 1 is 1.00 bits per heavy atom. The van der Waals surface area contributed by atoms with Crippen LogP contribution in [0, 0.1) is 0 Å². The minimum atomic E-state index is -0.483. The van der Waals surface area contributed by atoms with Gasteiger partial charge in [-0.05, 0) is 37.3 Å². The van der Waals surface area contributed by atoms with Crippen molar-refractivity contribution in [2.24, 2.45) is 0 Å². The number of fused-ring (bicyclic) bond motifs is 2. The second-order valence-corrected chi connectivity index (χ2v) is 6.10. The van der Waals surface area contributed by atoms with Gasteiger partial charge in [0.05, 0.1) is 0 Å². The fourth-order valence-corrected chi connectivity index (χ4v) is 2.95. The monoisotopic (exact) mass is 378 g/mol. The van der Waals surface area contributed by atoms with Gasteiger partial charge in [0.1, 0.15) is 24.5 Å². The number of para-hydroxylation sites is 1. The summed E-state index contributed by atoms with van der Waals surface area (Å²) in [5.41, 5.74) is 1.36. The van der Waals surface area contributed by atoms with Crippen LogP contribution < -0.4 is 20.1 Å². The molecular weight excluding hydrogens is 360 g/mol. The van der Waals surface area contributed by atoms with Gasteiger partial charge in [-0.25, -0.2) is 0 Å². The summed E-state index contributed by atoms with van der Waals surface area (Å²) in [6, 6.07) is 12.3. The normalized spacial score (nSPS) is 12.9. The maximum Gasteiger partial charge on any atom is 0.293 e. The lowest BCUT2D eigenvalue weighted by Gasteiger charge is -2.18. The highest BCUT2D eigenvalue weighted by Gasteiger charge is 2.22. The fraction of sp³-hybridized carbons (Fsp3) is 0.143. The second kappa shape index (κ2) is 7.48. The maximum absolute atomic E-state index is 12.9. The lowest BCUT2D eigenvalue weighted by atomic mass is 10.2. The lowest BCUT2D eigenvalue weighted by Crippen LogP contribution is -2.17. The zero-order chi connectivity index (χ0) is 19.5. The van der Waals surface area contributed by atoms with Crippen molar-refractivity contribution in [3.63, 3.8) is 0 Å². The topological polar surface area (TPSA) is 89.8 Å². The molecule has 142 valence electrons. The number of benzene rings is 2. The van der Waals surface area contributed by atoms with E-state index in [1.807, 2.05) is 6.07 Å². The largest absolute Gasteiger partial charge is 0.486 e. The van der Waals surface area contributed by atoms with Gasteiger partial charge in [0.15, 0.2) is 11.5 Å². The molecule has 7 nitrogen and oxygen atoms in total. The van der Waals surface area contributed by atoms with Gasteiger partial charge in [0.25, 0.3) is 5.91 Å². The molecule has 0 aliphatic carbocycles. The van der Waals surface area contributed by atoms with Gasteiger partial charge in [-0.3, -0.25) is 9.59 Å². The van der Waals surface area contributed by atoms with Crippen molar-refractivity contribution in [3.8, 4) is 11.5 Å². The molecular formula is C21H18N2O5. The number of furan rings is 1. The summed E-state index contributed by atoms with van der Waals surface area (Å²) in [7, 11) is 0. The van der Waals surface area contributed by atoms with Gasteiger partial charge in [0.2, 0.25) is 11.7 Å². The summed E-state index contributed by atoms with van der Waals surface area (Å²) in [4.78, 5) is 24.9. The molecule has 0 fully saturated rings. The Morgan fingerprint density at radius 2 is 1.79 bits per heavy atom. The van der Waals surface area contributed by atoms with Crippen molar-refractivity contribution < 1.29 is 23.5 Å². The van der Waals surface area contributed by atoms with E-state index in [9.17, 15) is 9.59 Å². The fourth-order valence-electron chi connectivity index (χ4n) is 2.95. The number of hydrogen-bond donors (Lipinski definition) is 2. The van der Waals surface area contributed by atoms with Crippen molar-refractivity contribution in [3.05, 3.63) is 60.4 Å². The second-order valence-electron chi connectivity index (χ2n) is 6.10. The Balaban J connectivity index is 1.66. The number of allylic oxidation sites excluding steroid dienone is 1. The van der Waals surface area contributed by atoms with Crippen LogP contribution in [0.1, 0.15) is 17.5 Å². The number of ether oxygens (including phenoxy) is 2. The van der Waals surface area contributed by atoms with Gasteiger partial charge in [-0.15, -0.1) is 0 Å². The molecule has 0 saturated carbocycles. The third-order valence-corrected chi connectivity index (χ3v) is 4.17. The molecule has 0 bridgehead atoms. The molecule has 2 aromatic carbocycles. The maximum atomic E-state index is 12.9. The molecule has 3 aromatic rings. The van der Waals surface area contributed by atoms with Gasteiger partial charge in [-0.1, -0.05) is 18.2 Å². The molecule has 0 saturated heterocycles. The summed E-state index contributed by atoms with van der Waals surface area (Å²) in [5, 5.41) is 6.15. The van der Waals surface area contributed by atoms with Crippen molar-refractivity contribution in [1.82, 2.24) is 0 Å². The van der Waals surface area contributed by atoms with Crippen LogP contribution in [0.4, 0.5) is 11.4 Å². The first kappa shape index (κ1) is 17.7. The van der Waals surface area contributed by atoms with E-state index in [0.29, 0.717) is 47.1 Å². The van der Waals surface area contributed by atoms with Crippen LogP contribution in [0.3, 0.4) is 0 Å². The highest BCUT2D eigenvalue weighted by Crippen LogP contribution is 2.34. The zero-order valence-electron chi connectivity index (χ0n) is 15.2.